The van der Waals surface area contributed by atoms with Crippen LogP contribution in [0.4, 0.5) is 11.4 Å². The zero-order chi connectivity index (χ0) is 12.6. The SMILES string of the molecule is O=C1CC(=O)N(c2ccc([N+](=O)[O-])cc2O)C1. The second-order valence-corrected chi connectivity index (χ2v) is 3.63. The van der Waals surface area contributed by atoms with Crippen LogP contribution in [0.2, 0.25) is 0 Å². The van der Waals surface area contributed by atoms with E-state index >= 15 is 0 Å². The van der Waals surface area contributed by atoms with Gasteiger partial charge < -0.3 is 10.0 Å². The summed E-state index contributed by atoms with van der Waals surface area (Å²) in [4.78, 5) is 33.4. The number of hydrogen-bond acceptors (Lipinski definition) is 5. The van der Waals surface area contributed by atoms with Crippen LogP contribution in [0.5, 0.6) is 5.75 Å². The number of hydrogen-bond donors (Lipinski definition) is 1. The summed E-state index contributed by atoms with van der Waals surface area (Å²) in [6, 6.07) is 3.38. The maximum atomic E-state index is 11.4. The van der Waals surface area contributed by atoms with Crippen LogP contribution in [0.15, 0.2) is 18.2 Å². The fourth-order valence-corrected chi connectivity index (χ4v) is 1.66. The van der Waals surface area contributed by atoms with Crippen LogP contribution in [-0.4, -0.2) is 28.3 Å². The molecule has 0 atom stereocenters. The molecule has 17 heavy (non-hydrogen) atoms. The van der Waals surface area contributed by atoms with Gasteiger partial charge in [-0.1, -0.05) is 0 Å². The van der Waals surface area contributed by atoms with Crippen LogP contribution in [0.25, 0.3) is 0 Å². The summed E-state index contributed by atoms with van der Waals surface area (Å²) in [6.07, 6.45) is -0.198. The van der Waals surface area contributed by atoms with Gasteiger partial charge >= 0.3 is 0 Å². The van der Waals surface area contributed by atoms with E-state index in [9.17, 15) is 24.8 Å². The van der Waals surface area contributed by atoms with E-state index < -0.39 is 10.8 Å². The van der Waals surface area contributed by atoms with Gasteiger partial charge in [-0.2, -0.15) is 0 Å². The monoisotopic (exact) mass is 236 g/mol. The van der Waals surface area contributed by atoms with Gasteiger partial charge in [0, 0.05) is 6.07 Å². The molecule has 1 aromatic carbocycles. The van der Waals surface area contributed by atoms with Crippen LogP contribution >= 0.6 is 0 Å². The first-order valence-corrected chi connectivity index (χ1v) is 4.78. The summed E-state index contributed by atoms with van der Waals surface area (Å²) >= 11 is 0. The zero-order valence-corrected chi connectivity index (χ0v) is 8.62. The first-order valence-electron chi connectivity index (χ1n) is 4.78. The quantitative estimate of drug-likeness (QED) is 0.460. The number of carbonyl (C=O) groups is 2. The van der Waals surface area contributed by atoms with Crippen LogP contribution in [-0.2, 0) is 9.59 Å². The minimum Gasteiger partial charge on any atom is -0.505 e. The number of anilines is 1. The molecule has 1 amide bonds. The fourth-order valence-electron chi connectivity index (χ4n) is 1.66. The Morgan fingerprint density at radius 1 is 1.35 bits per heavy atom. The second-order valence-electron chi connectivity index (χ2n) is 3.63. The van der Waals surface area contributed by atoms with Crippen molar-refractivity contribution < 1.29 is 19.6 Å². The van der Waals surface area contributed by atoms with E-state index in [1.165, 1.54) is 12.1 Å². The van der Waals surface area contributed by atoms with E-state index in [1.807, 2.05) is 0 Å². The second kappa shape index (κ2) is 3.85. The van der Waals surface area contributed by atoms with Gasteiger partial charge in [-0.15, -0.1) is 0 Å². The lowest BCUT2D eigenvalue weighted by molar-refractivity contribution is -0.384. The van der Waals surface area contributed by atoms with E-state index in [0.29, 0.717) is 0 Å². The molecule has 0 spiro atoms. The number of aromatic hydroxyl groups is 1. The number of non-ortho nitro benzene ring substituents is 1. The number of phenols is 1. The zero-order valence-electron chi connectivity index (χ0n) is 8.62. The Morgan fingerprint density at radius 2 is 2.06 bits per heavy atom. The molecule has 0 unspecified atom stereocenters. The van der Waals surface area contributed by atoms with Crippen molar-refractivity contribution in [3.63, 3.8) is 0 Å². The molecule has 7 nitrogen and oxygen atoms in total. The predicted octanol–water partition coefficient (Wildman–Crippen LogP) is 0.606. The Bertz CT molecular complexity index is 525. The number of phenolic OH excluding ortho intramolecular Hbond substituents is 1. The van der Waals surface area contributed by atoms with Crippen molar-refractivity contribution in [1.82, 2.24) is 0 Å². The standard InChI is InChI=1S/C10H8N2O5/c13-7-4-10(15)11(5-7)8-2-1-6(12(16)17)3-9(8)14/h1-3,14H,4-5H2. The van der Waals surface area contributed by atoms with Crippen molar-refractivity contribution in [2.45, 2.75) is 6.42 Å². The molecular formula is C10H8N2O5. The molecule has 0 aliphatic carbocycles. The Balaban J connectivity index is 2.37. The van der Waals surface area contributed by atoms with Crippen molar-refractivity contribution in [3.05, 3.63) is 28.3 Å². The highest BCUT2D eigenvalue weighted by Gasteiger charge is 2.30. The minimum atomic E-state index is -0.652. The number of rotatable bonds is 2. The fraction of sp³-hybridized carbons (Fsp3) is 0.200. The molecule has 2 rings (SSSR count). The van der Waals surface area contributed by atoms with Crippen molar-refractivity contribution >= 4 is 23.1 Å². The summed E-state index contributed by atoms with van der Waals surface area (Å²) in [5.74, 6) is -1.05. The molecule has 0 bridgehead atoms. The maximum absolute atomic E-state index is 11.4. The normalized spacial score (nSPS) is 15.4. The Labute approximate surface area is 95.4 Å². The van der Waals surface area contributed by atoms with Crippen LogP contribution in [0, 0.1) is 10.1 Å². The van der Waals surface area contributed by atoms with Crippen LogP contribution in [0.1, 0.15) is 6.42 Å². The lowest BCUT2D eigenvalue weighted by atomic mass is 10.2. The molecule has 0 aromatic heterocycles. The third kappa shape index (κ3) is 1.94. The molecule has 1 heterocycles. The summed E-state index contributed by atoms with van der Waals surface area (Å²) in [7, 11) is 0. The average Bonchev–Trinajstić information content (AvgIpc) is 2.57. The third-order valence-electron chi connectivity index (χ3n) is 2.44. The largest absolute Gasteiger partial charge is 0.505 e. The van der Waals surface area contributed by atoms with Gasteiger partial charge in [0.15, 0.2) is 5.78 Å². The van der Waals surface area contributed by atoms with Gasteiger partial charge in [0.1, 0.15) is 5.75 Å². The third-order valence-corrected chi connectivity index (χ3v) is 2.44. The number of amides is 1. The molecular weight excluding hydrogens is 228 g/mol. The van der Waals surface area contributed by atoms with Gasteiger partial charge in [-0.05, 0) is 6.07 Å². The number of carbonyl (C=O) groups excluding carboxylic acids is 2. The molecule has 0 saturated carbocycles. The van der Waals surface area contributed by atoms with Gasteiger partial charge in [0.05, 0.1) is 29.6 Å². The molecule has 1 N–H and O–H groups in total. The molecule has 1 aliphatic heterocycles. The lowest BCUT2D eigenvalue weighted by Crippen LogP contribution is -2.24. The summed E-state index contributed by atoms with van der Waals surface area (Å²) in [5, 5.41) is 20.1. The van der Waals surface area contributed by atoms with Crippen LogP contribution < -0.4 is 4.90 Å². The van der Waals surface area contributed by atoms with Crippen molar-refractivity contribution in [2.24, 2.45) is 0 Å². The summed E-state index contributed by atoms with van der Waals surface area (Å²) in [6.45, 7) is -0.107. The minimum absolute atomic E-state index is 0.107. The Hall–Kier alpha value is -2.44. The van der Waals surface area contributed by atoms with E-state index in [-0.39, 0.29) is 35.9 Å². The molecule has 1 saturated heterocycles. The van der Waals surface area contributed by atoms with Gasteiger partial charge in [0.25, 0.3) is 5.69 Å². The predicted molar refractivity (Wildman–Crippen MR) is 56.7 cm³/mol. The van der Waals surface area contributed by atoms with Crippen LogP contribution in [0.3, 0.4) is 0 Å². The molecule has 1 aliphatic rings. The van der Waals surface area contributed by atoms with E-state index in [1.54, 1.807) is 0 Å². The summed E-state index contributed by atoms with van der Waals surface area (Å²) < 4.78 is 0. The molecule has 1 aromatic rings. The smallest absolute Gasteiger partial charge is 0.273 e. The number of nitro benzene ring substituents is 1. The number of ketones is 1. The van der Waals surface area contributed by atoms with Crippen molar-refractivity contribution in [3.8, 4) is 5.75 Å². The Kier molecular flexibility index (Phi) is 2.51. The van der Waals surface area contributed by atoms with Gasteiger partial charge in [-0.3, -0.25) is 19.7 Å². The number of nitro groups is 1. The highest BCUT2D eigenvalue weighted by atomic mass is 16.6. The van der Waals surface area contributed by atoms with Gasteiger partial charge in [-0.25, -0.2) is 0 Å². The first kappa shape index (κ1) is 11.1. The molecule has 7 heteroatoms. The van der Waals surface area contributed by atoms with Crippen molar-refractivity contribution in [1.29, 1.82) is 0 Å². The van der Waals surface area contributed by atoms with E-state index in [0.717, 1.165) is 11.0 Å². The number of Topliss-reactive ketones (excluding diaryl/α,β-unsaturated/α-hetero) is 1. The molecule has 1 fully saturated rings. The first-order chi connectivity index (χ1) is 7.99. The van der Waals surface area contributed by atoms with Crippen molar-refractivity contribution in [2.75, 3.05) is 11.4 Å². The topological polar surface area (TPSA) is 101 Å². The summed E-state index contributed by atoms with van der Waals surface area (Å²) in [5.41, 5.74) is -0.157. The highest BCUT2D eigenvalue weighted by molar-refractivity contribution is 6.15. The van der Waals surface area contributed by atoms with Gasteiger partial charge in [0.2, 0.25) is 5.91 Å². The average molecular weight is 236 g/mol. The lowest BCUT2D eigenvalue weighted by Gasteiger charge is -2.15. The maximum Gasteiger partial charge on any atom is 0.273 e. The number of benzene rings is 1. The van der Waals surface area contributed by atoms with E-state index in [4.69, 9.17) is 0 Å². The molecule has 88 valence electrons. The number of nitrogens with zero attached hydrogens (tertiary/aromatic N) is 2. The Morgan fingerprint density at radius 3 is 2.53 bits per heavy atom. The van der Waals surface area contributed by atoms with E-state index in [2.05, 4.69) is 0 Å². The highest BCUT2D eigenvalue weighted by Crippen LogP contribution is 2.32. The molecule has 0 radical (unpaired) electrons.